The molecule has 1 aromatic rings. The highest BCUT2D eigenvalue weighted by atomic mass is 16.1. The maximum Gasteiger partial charge on any atom is 0.264 e. The topological polar surface area (TPSA) is 37.8 Å². The second-order valence-electron chi connectivity index (χ2n) is 2.77. The molecule has 0 fully saturated rings. The van der Waals surface area contributed by atoms with Gasteiger partial charge in [-0.3, -0.25) is 14.6 Å². The van der Waals surface area contributed by atoms with E-state index in [0.29, 0.717) is 0 Å². The molecule has 0 aliphatic heterocycles. The number of unbranched alkanes of at least 4 members (excludes halogenated alkanes) is 1. The van der Waals surface area contributed by atoms with Crippen LogP contribution >= 0.6 is 0 Å². The Morgan fingerprint density at radius 2 is 2.36 bits per heavy atom. The van der Waals surface area contributed by atoms with Crippen molar-refractivity contribution in [2.45, 2.75) is 33.2 Å². The van der Waals surface area contributed by atoms with E-state index in [-0.39, 0.29) is 5.56 Å². The van der Waals surface area contributed by atoms with Gasteiger partial charge in [0.25, 0.3) is 5.56 Å². The Morgan fingerprint density at radius 3 is 2.82 bits per heavy atom. The normalized spacial score (nSPS) is 10.4. The van der Waals surface area contributed by atoms with E-state index in [4.69, 9.17) is 0 Å². The van der Waals surface area contributed by atoms with Crippen LogP contribution < -0.4 is 5.56 Å². The molecule has 0 unspecified atom stereocenters. The minimum Gasteiger partial charge on any atom is -0.290 e. The summed E-state index contributed by atoms with van der Waals surface area (Å²) in [7, 11) is 0. The average molecular weight is 154 g/mol. The third kappa shape index (κ3) is 1.97. The predicted octanol–water partition coefficient (Wildman–Crippen LogP) is 1.28. The summed E-state index contributed by atoms with van der Waals surface area (Å²) >= 11 is 0. The number of hydrogen-bond donors (Lipinski definition) is 1. The van der Waals surface area contributed by atoms with Gasteiger partial charge in [-0.1, -0.05) is 13.3 Å². The van der Waals surface area contributed by atoms with E-state index in [1.165, 1.54) is 0 Å². The smallest absolute Gasteiger partial charge is 0.264 e. The number of aromatic nitrogens is 2. The van der Waals surface area contributed by atoms with Crippen molar-refractivity contribution in [3.05, 3.63) is 22.1 Å². The van der Waals surface area contributed by atoms with Crippen molar-refractivity contribution in [2.75, 3.05) is 0 Å². The number of nitrogens with zero attached hydrogens (tertiary/aromatic N) is 1. The highest BCUT2D eigenvalue weighted by molar-refractivity contribution is 4.96. The molecule has 1 heterocycles. The van der Waals surface area contributed by atoms with Gasteiger partial charge in [-0.15, -0.1) is 0 Å². The van der Waals surface area contributed by atoms with Crippen LogP contribution in [-0.2, 0) is 6.54 Å². The summed E-state index contributed by atoms with van der Waals surface area (Å²) in [5.41, 5.74) is 1.02. The lowest BCUT2D eigenvalue weighted by Gasteiger charge is -2.02. The van der Waals surface area contributed by atoms with Crippen LogP contribution in [0.4, 0.5) is 0 Å². The lowest BCUT2D eigenvalue weighted by Crippen LogP contribution is -2.06. The Bertz CT molecular complexity index is 272. The molecule has 62 valence electrons. The van der Waals surface area contributed by atoms with Gasteiger partial charge in [0.15, 0.2) is 0 Å². The highest BCUT2D eigenvalue weighted by Gasteiger charge is 1.96. The maximum atomic E-state index is 10.8. The van der Waals surface area contributed by atoms with Gasteiger partial charge in [0.2, 0.25) is 0 Å². The van der Waals surface area contributed by atoms with Crippen molar-refractivity contribution in [3.63, 3.8) is 0 Å². The van der Waals surface area contributed by atoms with Gasteiger partial charge in [-0.25, -0.2) is 0 Å². The fourth-order valence-corrected chi connectivity index (χ4v) is 1.07. The number of rotatable bonds is 3. The van der Waals surface area contributed by atoms with Crippen LogP contribution in [0.5, 0.6) is 0 Å². The van der Waals surface area contributed by atoms with Gasteiger partial charge in [0, 0.05) is 18.3 Å². The van der Waals surface area contributed by atoms with Gasteiger partial charge in [-0.2, -0.15) is 0 Å². The molecule has 0 aliphatic carbocycles. The zero-order chi connectivity index (χ0) is 8.27. The van der Waals surface area contributed by atoms with Gasteiger partial charge in [-0.05, 0) is 13.3 Å². The van der Waals surface area contributed by atoms with E-state index in [1.807, 2.05) is 11.6 Å². The minimum absolute atomic E-state index is 0.00129. The molecular formula is C8H14N2O. The molecule has 1 aromatic heterocycles. The number of hydrogen-bond acceptors (Lipinski definition) is 1. The fraction of sp³-hybridized carbons (Fsp3) is 0.625. The number of aromatic amines is 1. The first-order valence-electron chi connectivity index (χ1n) is 4.00. The SMILES string of the molecule is CCCCn1[nH]c(=O)cc1C. The zero-order valence-electron chi connectivity index (χ0n) is 7.05. The van der Waals surface area contributed by atoms with Crippen LogP contribution in [0.25, 0.3) is 0 Å². The maximum absolute atomic E-state index is 10.8. The van der Waals surface area contributed by atoms with Crippen molar-refractivity contribution in [1.29, 1.82) is 0 Å². The van der Waals surface area contributed by atoms with Gasteiger partial charge in [0.1, 0.15) is 0 Å². The predicted molar refractivity (Wildman–Crippen MR) is 44.7 cm³/mol. The largest absolute Gasteiger partial charge is 0.290 e. The Balaban J connectivity index is 2.69. The molecule has 0 bridgehead atoms. The first kappa shape index (κ1) is 8.11. The molecule has 0 saturated carbocycles. The molecule has 3 nitrogen and oxygen atoms in total. The first-order valence-corrected chi connectivity index (χ1v) is 4.00. The van der Waals surface area contributed by atoms with Crippen molar-refractivity contribution < 1.29 is 0 Å². The molecule has 0 radical (unpaired) electrons. The van der Waals surface area contributed by atoms with E-state index in [1.54, 1.807) is 6.07 Å². The number of aryl methyl sites for hydroxylation is 2. The zero-order valence-corrected chi connectivity index (χ0v) is 7.05. The molecule has 0 atom stereocenters. The van der Waals surface area contributed by atoms with Crippen LogP contribution in [0, 0.1) is 6.92 Å². The molecular weight excluding hydrogens is 140 g/mol. The summed E-state index contributed by atoms with van der Waals surface area (Å²) in [6, 6.07) is 1.62. The quantitative estimate of drug-likeness (QED) is 0.699. The van der Waals surface area contributed by atoms with E-state index >= 15 is 0 Å². The van der Waals surface area contributed by atoms with Crippen molar-refractivity contribution in [3.8, 4) is 0 Å². The second-order valence-corrected chi connectivity index (χ2v) is 2.77. The molecule has 0 amide bonds. The lowest BCUT2D eigenvalue weighted by atomic mass is 10.3. The molecule has 0 aromatic carbocycles. The molecule has 1 rings (SSSR count). The molecule has 1 N–H and O–H groups in total. The van der Waals surface area contributed by atoms with Gasteiger partial charge < -0.3 is 0 Å². The van der Waals surface area contributed by atoms with E-state index in [2.05, 4.69) is 12.0 Å². The van der Waals surface area contributed by atoms with Crippen LogP contribution in [0.2, 0.25) is 0 Å². The first-order chi connectivity index (χ1) is 5.24. The van der Waals surface area contributed by atoms with Gasteiger partial charge >= 0.3 is 0 Å². The standard InChI is InChI=1S/C8H14N2O/c1-3-4-5-10-7(2)6-8(11)9-10/h6H,3-5H2,1-2H3,(H,9,11). The average Bonchev–Trinajstić information content (AvgIpc) is 2.26. The Hall–Kier alpha value is -0.990. The Kier molecular flexibility index (Phi) is 2.52. The van der Waals surface area contributed by atoms with Crippen LogP contribution in [0.1, 0.15) is 25.5 Å². The summed E-state index contributed by atoms with van der Waals surface area (Å²) in [6.07, 6.45) is 2.27. The summed E-state index contributed by atoms with van der Waals surface area (Å²) in [6.45, 7) is 5.00. The lowest BCUT2D eigenvalue weighted by molar-refractivity contribution is 0.555. The summed E-state index contributed by atoms with van der Waals surface area (Å²) in [5, 5.41) is 2.74. The summed E-state index contributed by atoms with van der Waals surface area (Å²) < 4.78 is 1.89. The summed E-state index contributed by atoms with van der Waals surface area (Å²) in [5.74, 6) is 0. The molecule has 0 spiro atoms. The molecule has 0 aliphatic rings. The summed E-state index contributed by atoms with van der Waals surface area (Å²) in [4.78, 5) is 10.8. The van der Waals surface area contributed by atoms with E-state index < -0.39 is 0 Å². The molecule has 3 heteroatoms. The third-order valence-corrected chi connectivity index (χ3v) is 1.75. The highest BCUT2D eigenvalue weighted by Crippen LogP contribution is 1.95. The van der Waals surface area contributed by atoms with Gasteiger partial charge in [0.05, 0.1) is 0 Å². The van der Waals surface area contributed by atoms with Crippen LogP contribution in [0.15, 0.2) is 10.9 Å². The molecule has 11 heavy (non-hydrogen) atoms. The van der Waals surface area contributed by atoms with Crippen molar-refractivity contribution in [2.24, 2.45) is 0 Å². The van der Waals surface area contributed by atoms with Crippen molar-refractivity contribution in [1.82, 2.24) is 9.78 Å². The number of H-pyrrole nitrogens is 1. The Morgan fingerprint density at radius 1 is 1.64 bits per heavy atom. The van der Waals surface area contributed by atoms with E-state index in [0.717, 1.165) is 25.1 Å². The van der Waals surface area contributed by atoms with Crippen molar-refractivity contribution >= 4 is 0 Å². The molecule has 0 saturated heterocycles. The minimum atomic E-state index is -0.00129. The Labute approximate surface area is 66.0 Å². The fourth-order valence-electron chi connectivity index (χ4n) is 1.07. The third-order valence-electron chi connectivity index (χ3n) is 1.75. The van der Waals surface area contributed by atoms with E-state index in [9.17, 15) is 4.79 Å². The van der Waals surface area contributed by atoms with Crippen LogP contribution in [0.3, 0.4) is 0 Å². The second kappa shape index (κ2) is 3.42. The number of nitrogens with one attached hydrogen (secondary N) is 1. The van der Waals surface area contributed by atoms with Crippen LogP contribution in [-0.4, -0.2) is 9.78 Å². The monoisotopic (exact) mass is 154 g/mol.